The summed E-state index contributed by atoms with van der Waals surface area (Å²) in [6, 6.07) is 5.42. The Morgan fingerprint density at radius 1 is 1.31 bits per heavy atom. The predicted molar refractivity (Wildman–Crippen MR) is 107 cm³/mol. The zero-order chi connectivity index (χ0) is 23.3. The molecule has 0 spiro atoms. The van der Waals surface area contributed by atoms with Crippen LogP contribution in [0.5, 0.6) is 0 Å². The minimum atomic E-state index is -4.73. The quantitative estimate of drug-likeness (QED) is 0.678. The number of ether oxygens (including phenoxy) is 1. The van der Waals surface area contributed by atoms with Gasteiger partial charge in [0.2, 0.25) is 5.91 Å². The molecule has 1 aromatic carbocycles. The summed E-state index contributed by atoms with van der Waals surface area (Å²) in [4.78, 5) is 28.6. The van der Waals surface area contributed by atoms with Crippen LogP contribution in [0.15, 0.2) is 41.2 Å². The van der Waals surface area contributed by atoms with Gasteiger partial charge in [0.05, 0.1) is 42.2 Å². The normalized spacial score (nSPS) is 16.5. The van der Waals surface area contributed by atoms with Crippen molar-refractivity contribution in [2.45, 2.75) is 12.2 Å². The van der Waals surface area contributed by atoms with Gasteiger partial charge in [-0.3, -0.25) is 9.59 Å². The molecule has 170 valence electrons. The van der Waals surface area contributed by atoms with Gasteiger partial charge in [-0.15, -0.1) is 0 Å². The Balaban J connectivity index is 1.91. The van der Waals surface area contributed by atoms with Crippen LogP contribution in [0.25, 0.3) is 0 Å². The van der Waals surface area contributed by atoms with Crippen LogP contribution in [0.3, 0.4) is 0 Å². The molecule has 1 unspecified atom stereocenters. The standard InChI is InChI=1S/C21H21F3N4O4/c1-31-9-5-26-19(29)18-12-27(20(30)15-4-8-32-13-15)6-7-28(18)16-3-2-14(11-25)17(10-16)21(22,23)24/h2-4,8,10,13,18H,5-7,9,12H2,1H3,(H,26,29). The second-order valence-electron chi connectivity index (χ2n) is 7.10. The number of amides is 2. The van der Waals surface area contributed by atoms with Crippen LogP contribution in [0.2, 0.25) is 0 Å². The minimum absolute atomic E-state index is 0.0375. The molecule has 2 amide bonds. The highest BCUT2D eigenvalue weighted by atomic mass is 19.4. The summed E-state index contributed by atoms with van der Waals surface area (Å²) in [5.41, 5.74) is -1.13. The molecule has 0 bridgehead atoms. The van der Waals surface area contributed by atoms with Gasteiger partial charge in [-0.05, 0) is 24.3 Å². The van der Waals surface area contributed by atoms with Crippen molar-refractivity contribution in [3.05, 3.63) is 53.5 Å². The summed E-state index contributed by atoms with van der Waals surface area (Å²) in [6.07, 6.45) is -2.08. The first-order valence-corrected chi connectivity index (χ1v) is 9.72. The zero-order valence-electron chi connectivity index (χ0n) is 17.2. The van der Waals surface area contributed by atoms with E-state index in [-0.39, 0.29) is 44.4 Å². The highest BCUT2D eigenvalue weighted by molar-refractivity contribution is 5.95. The lowest BCUT2D eigenvalue weighted by atomic mass is 10.0. The molecule has 1 fully saturated rings. The van der Waals surface area contributed by atoms with E-state index in [2.05, 4.69) is 5.32 Å². The summed E-state index contributed by atoms with van der Waals surface area (Å²) < 4.78 is 50.2. The summed E-state index contributed by atoms with van der Waals surface area (Å²) in [6.45, 7) is 0.730. The van der Waals surface area contributed by atoms with Crippen molar-refractivity contribution in [1.29, 1.82) is 5.26 Å². The van der Waals surface area contributed by atoms with Crippen LogP contribution in [-0.2, 0) is 15.7 Å². The topological polar surface area (TPSA) is 98.8 Å². The number of anilines is 1. The fourth-order valence-electron chi connectivity index (χ4n) is 3.51. The summed E-state index contributed by atoms with van der Waals surface area (Å²) in [5, 5.41) is 11.7. The molecule has 1 atom stereocenters. The Kier molecular flexibility index (Phi) is 7.05. The number of hydrogen-bond donors (Lipinski definition) is 1. The molecule has 0 saturated carbocycles. The van der Waals surface area contributed by atoms with E-state index in [4.69, 9.17) is 14.4 Å². The number of furan rings is 1. The van der Waals surface area contributed by atoms with Crippen molar-refractivity contribution < 1.29 is 31.9 Å². The molecule has 1 N–H and O–H groups in total. The molecule has 1 aromatic heterocycles. The molecule has 8 nitrogen and oxygen atoms in total. The largest absolute Gasteiger partial charge is 0.472 e. The Morgan fingerprint density at radius 3 is 2.72 bits per heavy atom. The fraction of sp³-hybridized carbons (Fsp3) is 0.381. The number of hydrogen-bond acceptors (Lipinski definition) is 6. The van der Waals surface area contributed by atoms with Gasteiger partial charge in [0.25, 0.3) is 5.91 Å². The van der Waals surface area contributed by atoms with E-state index in [9.17, 15) is 22.8 Å². The predicted octanol–water partition coefficient (Wildman–Crippen LogP) is 2.26. The number of nitriles is 1. The molecular formula is C21H21F3N4O4. The molecular weight excluding hydrogens is 429 g/mol. The van der Waals surface area contributed by atoms with Gasteiger partial charge in [0.1, 0.15) is 12.3 Å². The Morgan fingerprint density at radius 2 is 2.09 bits per heavy atom. The number of rotatable bonds is 6. The van der Waals surface area contributed by atoms with Crippen molar-refractivity contribution in [1.82, 2.24) is 10.2 Å². The van der Waals surface area contributed by atoms with E-state index in [0.29, 0.717) is 5.56 Å². The number of carbonyl (C=O) groups is 2. The highest BCUT2D eigenvalue weighted by Crippen LogP contribution is 2.35. The van der Waals surface area contributed by atoms with Gasteiger partial charge in [-0.25, -0.2) is 0 Å². The Labute approximate surface area is 182 Å². The first kappa shape index (κ1) is 23.1. The zero-order valence-corrected chi connectivity index (χ0v) is 17.2. The van der Waals surface area contributed by atoms with Crippen molar-refractivity contribution in [3.63, 3.8) is 0 Å². The average molecular weight is 450 g/mol. The van der Waals surface area contributed by atoms with Crippen LogP contribution in [0.1, 0.15) is 21.5 Å². The van der Waals surface area contributed by atoms with Gasteiger partial charge < -0.3 is 24.3 Å². The van der Waals surface area contributed by atoms with Crippen molar-refractivity contribution in [2.24, 2.45) is 0 Å². The summed E-state index contributed by atoms with van der Waals surface area (Å²) in [5.74, 6) is -0.798. The molecule has 32 heavy (non-hydrogen) atoms. The number of halogens is 3. The average Bonchev–Trinajstić information content (AvgIpc) is 3.32. The fourth-order valence-corrected chi connectivity index (χ4v) is 3.51. The smallest absolute Gasteiger partial charge is 0.417 e. The number of carbonyl (C=O) groups excluding carboxylic acids is 2. The first-order valence-electron chi connectivity index (χ1n) is 9.72. The van der Waals surface area contributed by atoms with Crippen LogP contribution >= 0.6 is 0 Å². The number of piperazine rings is 1. The molecule has 2 aromatic rings. The Hall–Kier alpha value is -3.52. The third-order valence-corrected chi connectivity index (χ3v) is 5.10. The number of nitrogens with zero attached hydrogens (tertiary/aromatic N) is 3. The van der Waals surface area contributed by atoms with E-state index in [1.165, 1.54) is 41.6 Å². The number of benzene rings is 1. The molecule has 1 saturated heterocycles. The highest BCUT2D eigenvalue weighted by Gasteiger charge is 2.38. The van der Waals surface area contributed by atoms with E-state index in [1.54, 1.807) is 6.07 Å². The lowest BCUT2D eigenvalue weighted by molar-refractivity contribution is -0.137. The van der Waals surface area contributed by atoms with E-state index >= 15 is 0 Å². The third kappa shape index (κ3) is 5.03. The molecule has 11 heteroatoms. The van der Waals surface area contributed by atoms with E-state index in [0.717, 1.165) is 12.1 Å². The second kappa shape index (κ2) is 9.74. The number of methoxy groups -OCH3 is 1. The summed E-state index contributed by atoms with van der Waals surface area (Å²) in [7, 11) is 1.47. The first-order chi connectivity index (χ1) is 15.3. The molecule has 0 aliphatic carbocycles. The van der Waals surface area contributed by atoms with Crippen molar-refractivity contribution >= 4 is 17.5 Å². The van der Waals surface area contributed by atoms with Crippen LogP contribution in [0, 0.1) is 11.3 Å². The lowest BCUT2D eigenvalue weighted by Crippen LogP contribution is -2.60. The molecule has 0 radical (unpaired) electrons. The maximum Gasteiger partial charge on any atom is 0.417 e. The van der Waals surface area contributed by atoms with E-state index < -0.39 is 29.3 Å². The monoisotopic (exact) mass is 450 g/mol. The Bertz CT molecular complexity index is 1000. The van der Waals surface area contributed by atoms with Gasteiger partial charge in [0.15, 0.2) is 0 Å². The number of nitrogens with one attached hydrogen (secondary N) is 1. The maximum atomic E-state index is 13.4. The SMILES string of the molecule is COCCNC(=O)C1CN(C(=O)c2ccoc2)CCN1c1ccc(C#N)c(C(F)(F)F)c1. The summed E-state index contributed by atoms with van der Waals surface area (Å²) >= 11 is 0. The maximum absolute atomic E-state index is 13.4. The molecule has 1 aliphatic heterocycles. The van der Waals surface area contributed by atoms with E-state index in [1.807, 2.05) is 0 Å². The minimum Gasteiger partial charge on any atom is -0.472 e. The van der Waals surface area contributed by atoms with Crippen molar-refractivity contribution in [2.75, 3.05) is 44.8 Å². The second-order valence-corrected chi connectivity index (χ2v) is 7.10. The van der Waals surface area contributed by atoms with Crippen LogP contribution < -0.4 is 10.2 Å². The third-order valence-electron chi connectivity index (χ3n) is 5.10. The van der Waals surface area contributed by atoms with Gasteiger partial charge in [0, 0.05) is 32.4 Å². The molecule has 3 rings (SSSR count). The number of alkyl halides is 3. The van der Waals surface area contributed by atoms with Gasteiger partial charge in [-0.2, -0.15) is 18.4 Å². The van der Waals surface area contributed by atoms with Crippen LogP contribution in [0.4, 0.5) is 18.9 Å². The molecule has 1 aliphatic rings. The van der Waals surface area contributed by atoms with Crippen LogP contribution in [-0.4, -0.2) is 62.7 Å². The van der Waals surface area contributed by atoms with Crippen molar-refractivity contribution in [3.8, 4) is 6.07 Å². The van der Waals surface area contributed by atoms with Gasteiger partial charge >= 0.3 is 6.18 Å². The lowest BCUT2D eigenvalue weighted by Gasteiger charge is -2.42. The van der Waals surface area contributed by atoms with Gasteiger partial charge in [-0.1, -0.05) is 0 Å². The molecule has 2 heterocycles.